The van der Waals surface area contributed by atoms with Gasteiger partial charge >= 0.3 is 18.1 Å². The molecule has 2 heterocycles. The van der Waals surface area contributed by atoms with Gasteiger partial charge in [0.15, 0.2) is 0 Å². The number of ether oxygens (including phenoxy) is 2. The lowest BCUT2D eigenvalue weighted by Crippen LogP contribution is -2.50. The lowest BCUT2D eigenvalue weighted by Gasteiger charge is -2.36. The summed E-state index contributed by atoms with van der Waals surface area (Å²) in [6.07, 6.45) is 1.02. The summed E-state index contributed by atoms with van der Waals surface area (Å²) in [7, 11) is 0. The highest BCUT2D eigenvalue weighted by Crippen LogP contribution is 2.32. The van der Waals surface area contributed by atoms with Crippen LogP contribution in [0.5, 0.6) is 0 Å². The minimum atomic E-state index is -0.720. The highest BCUT2D eigenvalue weighted by atomic mass is 35.5. The highest BCUT2D eigenvalue weighted by Gasteiger charge is 2.35. The van der Waals surface area contributed by atoms with Crippen molar-refractivity contribution in [1.29, 1.82) is 0 Å². The summed E-state index contributed by atoms with van der Waals surface area (Å²) in [6.45, 7) is 9.15. The Morgan fingerprint density at radius 1 is 1.21 bits per heavy atom. The first kappa shape index (κ1) is 25.8. The summed E-state index contributed by atoms with van der Waals surface area (Å²) >= 11 is 6.39. The molecular weight excluding hydrogens is 460 g/mol. The fourth-order valence-corrected chi connectivity index (χ4v) is 4.31. The monoisotopic (exact) mass is 492 g/mol. The van der Waals surface area contributed by atoms with Crippen LogP contribution in [0.3, 0.4) is 0 Å². The molecule has 1 atom stereocenters. The number of nitrogens with zero attached hydrogens (tertiary/aromatic N) is 1. The molecular formula is C24H33ClN4O5. The highest BCUT2D eigenvalue weighted by molar-refractivity contribution is 6.31. The molecule has 1 fully saturated rings. The zero-order chi connectivity index (χ0) is 24.9. The molecule has 186 valence electrons. The van der Waals surface area contributed by atoms with E-state index in [-0.39, 0.29) is 12.6 Å². The third-order valence-corrected chi connectivity index (χ3v) is 5.90. The average molecular weight is 493 g/mol. The van der Waals surface area contributed by atoms with Crippen LogP contribution in [-0.4, -0.2) is 60.9 Å². The van der Waals surface area contributed by atoms with Gasteiger partial charge in [-0.3, -0.25) is 4.90 Å². The van der Waals surface area contributed by atoms with E-state index in [0.717, 1.165) is 12.8 Å². The molecule has 0 aliphatic carbocycles. The van der Waals surface area contributed by atoms with E-state index in [0.29, 0.717) is 41.5 Å². The minimum Gasteiger partial charge on any atom is -0.463 e. The number of amides is 3. The number of benzene rings is 1. The second kappa shape index (κ2) is 11.1. The number of halogens is 1. The van der Waals surface area contributed by atoms with Crippen LogP contribution >= 0.6 is 11.6 Å². The number of likely N-dealkylation sites (tertiary alicyclic amines) is 1. The van der Waals surface area contributed by atoms with E-state index in [2.05, 4.69) is 20.9 Å². The van der Waals surface area contributed by atoms with Crippen molar-refractivity contribution in [2.75, 3.05) is 26.2 Å². The Hall–Kier alpha value is -2.78. The van der Waals surface area contributed by atoms with Gasteiger partial charge in [-0.2, -0.15) is 0 Å². The maximum Gasteiger partial charge on any atom is 0.407 e. The zero-order valence-electron chi connectivity index (χ0n) is 20.1. The smallest absolute Gasteiger partial charge is 0.407 e. The summed E-state index contributed by atoms with van der Waals surface area (Å²) < 4.78 is 10.7. The van der Waals surface area contributed by atoms with Crippen molar-refractivity contribution in [2.45, 2.75) is 58.2 Å². The Morgan fingerprint density at radius 2 is 1.88 bits per heavy atom. The number of nitrogens with one attached hydrogen (secondary N) is 3. The number of esters is 1. The number of rotatable bonds is 6. The maximum absolute atomic E-state index is 12.9. The number of urea groups is 1. The van der Waals surface area contributed by atoms with E-state index >= 15 is 0 Å². The molecule has 0 saturated carbocycles. The molecule has 2 aliphatic rings. The van der Waals surface area contributed by atoms with Gasteiger partial charge in [0, 0.05) is 36.4 Å². The van der Waals surface area contributed by atoms with Gasteiger partial charge < -0.3 is 25.4 Å². The molecule has 0 spiro atoms. The molecule has 9 nitrogen and oxygen atoms in total. The molecule has 34 heavy (non-hydrogen) atoms. The Morgan fingerprint density at radius 3 is 2.50 bits per heavy atom. The molecule has 1 saturated heterocycles. The number of hydrogen-bond donors (Lipinski definition) is 3. The van der Waals surface area contributed by atoms with Gasteiger partial charge in [-0.15, -0.1) is 0 Å². The molecule has 1 aromatic carbocycles. The largest absolute Gasteiger partial charge is 0.463 e. The average Bonchev–Trinajstić information content (AvgIpc) is 2.74. The van der Waals surface area contributed by atoms with Crippen molar-refractivity contribution in [3.8, 4) is 0 Å². The first-order valence-electron chi connectivity index (χ1n) is 11.5. The zero-order valence-corrected chi connectivity index (χ0v) is 20.8. The van der Waals surface area contributed by atoms with Crippen molar-refractivity contribution in [1.82, 2.24) is 20.9 Å². The number of piperidine rings is 1. The standard InChI is InChI=1S/C24H33ClN4O5/c1-5-33-21(30)19-18(27-22(31)28-20(19)16-8-6-7-9-17(16)25)14-29-12-10-15(11-13-29)26-23(32)34-24(2,3)4/h6-9,15,20H,5,10-14H2,1-4H3,(H,26,32)(H2,27,28,31)/t20-/m1/s1. The summed E-state index contributed by atoms with van der Waals surface area (Å²) in [5.41, 5.74) is 0.903. The Balaban J connectivity index is 1.75. The van der Waals surface area contributed by atoms with E-state index in [1.165, 1.54) is 0 Å². The Kier molecular flexibility index (Phi) is 8.43. The third kappa shape index (κ3) is 6.87. The normalized spacial score (nSPS) is 19.8. The van der Waals surface area contributed by atoms with E-state index < -0.39 is 29.7 Å². The summed E-state index contributed by atoms with van der Waals surface area (Å²) in [5, 5.41) is 8.97. The van der Waals surface area contributed by atoms with Crippen molar-refractivity contribution in [3.05, 3.63) is 46.1 Å². The fourth-order valence-electron chi connectivity index (χ4n) is 4.07. The molecule has 10 heteroatoms. The molecule has 3 amide bonds. The lowest BCUT2D eigenvalue weighted by molar-refractivity contribution is -0.139. The Bertz CT molecular complexity index is 951. The molecule has 0 radical (unpaired) electrons. The van der Waals surface area contributed by atoms with Gasteiger partial charge in [-0.05, 0) is 52.2 Å². The minimum absolute atomic E-state index is 0.00286. The van der Waals surface area contributed by atoms with Crippen LogP contribution in [0, 0.1) is 0 Å². The second-order valence-electron chi connectivity index (χ2n) is 9.36. The van der Waals surface area contributed by atoms with Crippen LogP contribution < -0.4 is 16.0 Å². The van der Waals surface area contributed by atoms with E-state index in [1.54, 1.807) is 31.2 Å². The van der Waals surface area contributed by atoms with E-state index in [1.807, 2.05) is 20.8 Å². The van der Waals surface area contributed by atoms with E-state index in [9.17, 15) is 14.4 Å². The van der Waals surface area contributed by atoms with Gasteiger partial charge in [0.1, 0.15) is 5.60 Å². The maximum atomic E-state index is 12.9. The topological polar surface area (TPSA) is 109 Å². The van der Waals surface area contributed by atoms with Crippen molar-refractivity contribution < 1.29 is 23.9 Å². The van der Waals surface area contributed by atoms with Crippen molar-refractivity contribution in [2.24, 2.45) is 0 Å². The molecule has 0 bridgehead atoms. The van der Waals surface area contributed by atoms with Crippen LogP contribution in [0.2, 0.25) is 5.02 Å². The van der Waals surface area contributed by atoms with Crippen LogP contribution in [0.25, 0.3) is 0 Å². The lowest BCUT2D eigenvalue weighted by atomic mass is 9.94. The van der Waals surface area contributed by atoms with Crippen LogP contribution in [0.4, 0.5) is 9.59 Å². The molecule has 3 rings (SSSR count). The molecule has 3 N–H and O–H groups in total. The predicted octanol–water partition coefficient (Wildman–Crippen LogP) is 3.50. The van der Waals surface area contributed by atoms with Crippen LogP contribution in [0.15, 0.2) is 35.5 Å². The molecule has 1 aromatic rings. The van der Waals surface area contributed by atoms with Gasteiger partial charge in [0.2, 0.25) is 0 Å². The fraction of sp³-hybridized carbons (Fsp3) is 0.542. The van der Waals surface area contributed by atoms with Crippen molar-refractivity contribution in [3.63, 3.8) is 0 Å². The van der Waals surface area contributed by atoms with Gasteiger partial charge in [0.05, 0.1) is 18.2 Å². The third-order valence-electron chi connectivity index (χ3n) is 5.56. The van der Waals surface area contributed by atoms with Gasteiger partial charge in [0.25, 0.3) is 0 Å². The SMILES string of the molecule is CCOC(=O)C1=C(CN2CCC(NC(=O)OC(C)(C)C)CC2)NC(=O)N[C@@H]1c1ccccc1Cl. The molecule has 0 unspecified atom stereocenters. The summed E-state index contributed by atoms with van der Waals surface area (Å²) in [4.78, 5) is 39.6. The first-order valence-corrected chi connectivity index (χ1v) is 11.9. The summed E-state index contributed by atoms with van der Waals surface area (Å²) in [6, 6.07) is 5.97. The molecule has 2 aliphatic heterocycles. The number of carbonyl (C=O) groups excluding carboxylic acids is 3. The second-order valence-corrected chi connectivity index (χ2v) is 9.77. The predicted molar refractivity (Wildman–Crippen MR) is 128 cm³/mol. The summed E-state index contributed by atoms with van der Waals surface area (Å²) in [5.74, 6) is -0.503. The quantitative estimate of drug-likeness (QED) is 0.524. The first-order chi connectivity index (χ1) is 16.1. The van der Waals surface area contributed by atoms with E-state index in [4.69, 9.17) is 21.1 Å². The number of hydrogen-bond acceptors (Lipinski definition) is 6. The van der Waals surface area contributed by atoms with Gasteiger partial charge in [-0.25, -0.2) is 14.4 Å². The van der Waals surface area contributed by atoms with Crippen LogP contribution in [0.1, 0.15) is 52.1 Å². The van der Waals surface area contributed by atoms with Crippen LogP contribution in [-0.2, 0) is 14.3 Å². The van der Waals surface area contributed by atoms with Crippen molar-refractivity contribution >= 4 is 29.7 Å². The number of carbonyl (C=O) groups is 3. The Labute approximate surface area is 205 Å². The van der Waals surface area contributed by atoms with Gasteiger partial charge in [-0.1, -0.05) is 29.8 Å². The molecule has 0 aromatic heterocycles. The number of alkyl carbamates (subject to hydrolysis) is 1.